The molecule has 2 rings (SSSR count). The van der Waals surface area contributed by atoms with Crippen molar-refractivity contribution < 1.29 is 0 Å². The third-order valence-electron chi connectivity index (χ3n) is 2.36. The van der Waals surface area contributed by atoms with Gasteiger partial charge in [0.1, 0.15) is 0 Å². The van der Waals surface area contributed by atoms with E-state index >= 15 is 0 Å². The van der Waals surface area contributed by atoms with Crippen LogP contribution >= 0.6 is 11.3 Å². The lowest BCUT2D eigenvalue weighted by molar-refractivity contribution is 0.528. The highest BCUT2D eigenvalue weighted by Gasteiger charge is 2.18. The molecular weight excluding hydrogens is 284 g/mol. The molecule has 0 radical (unpaired) electrons. The summed E-state index contributed by atoms with van der Waals surface area (Å²) in [5.41, 5.74) is 0.00553. The fraction of sp³-hybridized carbons (Fsp3) is 0.500. The van der Waals surface area contributed by atoms with Crippen molar-refractivity contribution in [3.8, 4) is 0 Å². The van der Waals surface area contributed by atoms with Gasteiger partial charge >= 0.3 is 0 Å². The maximum absolute atomic E-state index is 4.99. The van der Waals surface area contributed by atoms with Gasteiger partial charge in [-0.1, -0.05) is 18.2 Å². The minimum absolute atomic E-state index is 0.0441. The first-order valence-corrected chi connectivity index (χ1v) is 8.88. The van der Waals surface area contributed by atoms with Crippen LogP contribution in [0.4, 0.5) is 0 Å². The predicted molar refractivity (Wildman–Crippen MR) is 92.5 cm³/mol. The SMILES string of the molecule is CC(C)(C)N=S(NC(C)(C)C)c1cc2ccccc2s1. The van der Waals surface area contributed by atoms with E-state index in [2.05, 4.69) is 76.6 Å². The zero-order valence-corrected chi connectivity index (χ0v) is 14.8. The van der Waals surface area contributed by atoms with Crippen molar-refractivity contribution in [2.45, 2.75) is 56.8 Å². The lowest BCUT2D eigenvalue weighted by Gasteiger charge is -2.24. The molecule has 4 heteroatoms. The van der Waals surface area contributed by atoms with Crippen LogP contribution in [0.25, 0.3) is 10.1 Å². The Morgan fingerprint density at radius 2 is 1.70 bits per heavy atom. The van der Waals surface area contributed by atoms with Crippen molar-refractivity contribution in [3.05, 3.63) is 30.3 Å². The van der Waals surface area contributed by atoms with E-state index in [0.29, 0.717) is 0 Å². The monoisotopic (exact) mass is 308 g/mol. The fourth-order valence-electron chi connectivity index (χ4n) is 1.73. The van der Waals surface area contributed by atoms with Crippen molar-refractivity contribution in [2.24, 2.45) is 4.36 Å². The van der Waals surface area contributed by atoms with Gasteiger partial charge in [-0.15, -0.1) is 11.3 Å². The van der Waals surface area contributed by atoms with Crippen molar-refractivity contribution in [3.63, 3.8) is 0 Å². The van der Waals surface area contributed by atoms with Crippen LogP contribution in [0.1, 0.15) is 41.5 Å². The van der Waals surface area contributed by atoms with Crippen LogP contribution in [0, 0.1) is 0 Å². The van der Waals surface area contributed by atoms with Crippen LogP contribution in [0.15, 0.2) is 38.9 Å². The van der Waals surface area contributed by atoms with Crippen LogP contribution < -0.4 is 4.72 Å². The van der Waals surface area contributed by atoms with Gasteiger partial charge in [0.2, 0.25) is 0 Å². The maximum Gasteiger partial charge on any atom is 0.0867 e. The Morgan fingerprint density at radius 1 is 1.05 bits per heavy atom. The highest BCUT2D eigenvalue weighted by atomic mass is 32.2. The van der Waals surface area contributed by atoms with Crippen LogP contribution in [-0.2, 0) is 10.9 Å². The summed E-state index contributed by atoms with van der Waals surface area (Å²) in [4.78, 5) is 0. The lowest BCUT2D eigenvalue weighted by Crippen LogP contribution is -2.37. The summed E-state index contributed by atoms with van der Waals surface area (Å²) in [6, 6.07) is 10.8. The number of rotatable bonds is 2. The Labute approximate surface area is 128 Å². The highest BCUT2D eigenvalue weighted by Crippen LogP contribution is 2.29. The van der Waals surface area contributed by atoms with Gasteiger partial charge in [-0.05, 0) is 59.1 Å². The molecule has 0 fully saturated rings. The van der Waals surface area contributed by atoms with Gasteiger partial charge in [0.25, 0.3) is 0 Å². The Hall–Kier alpha value is -0.710. The summed E-state index contributed by atoms with van der Waals surface area (Å²) in [6.07, 6.45) is 0. The average molecular weight is 309 g/mol. The summed E-state index contributed by atoms with van der Waals surface area (Å²) >= 11 is 1.84. The second-order valence-electron chi connectivity index (χ2n) is 7.00. The number of nitrogens with one attached hydrogen (secondary N) is 1. The molecule has 0 bridgehead atoms. The van der Waals surface area contributed by atoms with E-state index in [1.54, 1.807) is 0 Å². The van der Waals surface area contributed by atoms with Crippen LogP contribution in [0.3, 0.4) is 0 Å². The zero-order chi connectivity index (χ0) is 15.0. The fourth-order valence-corrected chi connectivity index (χ4v) is 4.95. The van der Waals surface area contributed by atoms with Gasteiger partial charge in [-0.2, -0.15) is 0 Å². The van der Waals surface area contributed by atoms with Gasteiger partial charge in [0, 0.05) is 21.1 Å². The van der Waals surface area contributed by atoms with E-state index in [1.807, 2.05) is 11.3 Å². The van der Waals surface area contributed by atoms with E-state index in [4.69, 9.17) is 4.36 Å². The van der Waals surface area contributed by atoms with E-state index in [0.717, 1.165) is 0 Å². The third-order valence-corrected chi connectivity index (χ3v) is 6.03. The Morgan fingerprint density at radius 3 is 2.25 bits per heavy atom. The smallest absolute Gasteiger partial charge is 0.0867 e. The first-order valence-electron chi connectivity index (χ1n) is 6.88. The highest BCUT2D eigenvalue weighted by molar-refractivity contribution is 7.87. The Kier molecular flexibility index (Phi) is 4.38. The summed E-state index contributed by atoms with van der Waals surface area (Å²) < 4.78 is 11.3. The molecule has 1 aromatic heterocycles. The maximum atomic E-state index is 4.99. The predicted octanol–water partition coefficient (Wildman–Crippen LogP) is 5.16. The minimum atomic E-state index is -0.266. The first-order chi connectivity index (χ1) is 9.14. The van der Waals surface area contributed by atoms with Crippen LogP contribution in [-0.4, -0.2) is 11.1 Å². The standard InChI is InChI=1S/C16H24N2S2/c1-15(2,3)17-20(18-16(4,5)6)14-11-12-9-7-8-10-13(12)19-14/h7-11H,1-6H3,(H,17,18). The molecule has 20 heavy (non-hydrogen) atoms. The summed E-state index contributed by atoms with van der Waals surface area (Å²) in [7, 11) is -0.266. The van der Waals surface area contributed by atoms with Crippen LogP contribution in [0.5, 0.6) is 0 Å². The number of benzene rings is 1. The molecule has 2 nitrogen and oxygen atoms in total. The number of hydrogen-bond acceptors (Lipinski definition) is 2. The normalized spacial score (nSPS) is 14.9. The van der Waals surface area contributed by atoms with Gasteiger partial charge < -0.3 is 0 Å². The minimum Gasteiger partial charge on any atom is -0.245 e. The molecule has 1 aromatic carbocycles. The number of fused-ring (bicyclic) bond motifs is 1. The molecule has 2 aromatic rings. The second kappa shape index (κ2) is 5.58. The van der Waals surface area contributed by atoms with E-state index in [1.165, 1.54) is 14.3 Å². The van der Waals surface area contributed by atoms with Gasteiger partial charge in [-0.3, -0.25) is 0 Å². The number of thiophene rings is 1. The molecule has 0 saturated carbocycles. The van der Waals surface area contributed by atoms with Gasteiger partial charge in [0.15, 0.2) is 0 Å². The number of hydrogen-bond donors (Lipinski definition) is 1. The summed E-state index contributed by atoms with van der Waals surface area (Å²) in [6.45, 7) is 13.1. The molecule has 110 valence electrons. The second-order valence-corrected chi connectivity index (χ2v) is 9.74. The topological polar surface area (TPSA) is 24.4 Å². The average Bonchev–Trinajstić information content (AvgIpc) is 2.67. The molecule has 0 spiro atoms. The van der Waals surface area contributed by atoms with Crippen LogP contribution in [0.2, 0.25) is 0 Å². The molecule has 1 N–H and O–H groups in total. The molecule has 0 amide bonds. The quantitative estimate of drug-likeness (QED) is 0.814. The molecule has 1 unspecified atom stereocenters. The van der Waals surface area contributed by atoms with Crippen molar-refractivity contribution in [2.75, 3.05) is 0 Å². The Balaban J connectivity index is 2.48. The van der Waals surface area contributed by atoms with E-state index < -0.39 is 0 Å². The first kappa shape index (κ1) is 15.7. The molecule has 1 heterocycles. The van der Waals surface area contributed by atoms with E-state index in [9.17, 15) is 0 Å². The van der Waals surface area contributed by atoms with Gasteiger partial charge in [-0.25, -0.2) is 9.08 Å². The molecule has 0 saturated heterocycles. The van der Waals surface area contributed by atoms with Crippen molar-refractivity contribution in [1.29, 1.82) is 0 Å². The van der Waals surface area contributed by atoms with Crippen molar-refractivity contribution >= 4 is 32.3 Å². The zero-order valence-electron chi connectivity index (χ0n) is 13.2. The molecule has 0 aliphatic rings. The van der Waals surface area contributed by atoms with Gasteiger partial charge in [0.05, 0.1) is 9.75 Å². The summed E-state index contributed by atoms with van der Waals surface area (Å²) in [5.74, 6) is 0. The third kappa shape index (κ3) is 4.40. The van der Waals surface area contributed by atoms with E-state index in [-0.39, 0.29) is 22.0 Å². The molecule has 0 aliphatic heterocycles. The molecule has 1 atom stereocenters. The Bertz CT molecular complexity index is 595. The largest absolute Gasteiger partial charge is 0.245 e. The molecular formula is C16H24N2S2. The lowest BCUT2D eigenvalue weighted by atomic mass is 10.1. The number of nitrogens with zero attached hydrogens (tertiary/aromatic N) is 1. The molecule has 0 aliphatic carbocycles. The van der Waals surface area contributed by atoms with Crippen molar-refractivity contribution in [1.82, 2.24) is 4.72 Å². The summed E-state index contributed by atoms with van der Waals surface area (Å²) in [5, 5.41) is 1.31.